The fourth-order valence-electron chi connectivity index (χ4n) is 4.05. The molecule has 2 aliphatic rings. The van der Waals surface area contributed by atoms with Gasteiger partial charge in [0.25, 0.3) is 0 Å². The van der Waals surface area contributed by atoms with E-state index in [2.05, 4.69) is 37.4 Å². The molecular weight excluding hydrogens is 246 g/mol. The molecular formula is C18H27NO. The predicted octanol–water partition coefficient (Wildman–Crippen LogP) is 4.10. The first kappa shape index (κ1) is 13.9. The van der Waals surface area contributed by atoms with Crippen LogP contribution in [0, 0.1) is 11.8 Å². The van der Waals surface area contributed by atoms with Crippen molar-refractivity contribution in [3.63, 3.8) is 0 Å². The Morgan fingerprint density at radius 2 is 2.00 bits per heavy atom. The lowest BCUT2D eigenvalue weighted by Crippen LogP contribution is -2.40. The molecule has 20 heavy (non-hydrogen) atoms. The molecule has 0 saturated heterocycles. The van der Waals surface area contributed by atoms with Crippen molar-refractivity contribution in [1.29, 1.82) is 0 Å². The van der Waals surface area contributed by atoms with E-state index in [1.807, 2.05) is 0 Å². The van der Waals surface area contributed by atoms with E-state index in [4.69, 9.17) is 4.74 Å². The van der Waals surface area contributed by atoms with Gasteiger partial charge in [0.2, 0.25) is 0 Å². The van der Waals surface area contributed by atoms with Crippen LogP contribution in [0.25, 0.3) is 0 Å². The van der Waals surface area contributed by atoms with Crippen LogP contribution in [0.5, 0.6) is 5.75 Å². The van der Waals surface area contributed by atoms with E-state index < -0.39 is 0 Å². The van der Waals surface area contributed by atoms with Crippen molar-refractivity contribution in [1.82, 2.24) is 5.32 Å². The van der Waals surface area contributed by atoms with Crippen molar-refractivity contribution in [3.8, 4) is 5.75 Å². The van der Waals surface area contributed by atoms with Gasteiger partial charge in [0.15, 0.2) is 0 Å². The van der Waals surface area contributed by atoms with Gasteiger partial charge in [0.05, 0.1) is 7.11 Å². The average molecular weight is 273 g/mol. The number of fused-ring (bicyclic) bond motifs is 1. The minimum Gasteiger partial charge on any atom is -0.497 e. The standard InChI is InChI=1S/C18H27NO/c1-12-4-8-17(13(2)10-12)19-18-9-6-14-5-7-15(20-3)11-16(14)18/h5,7,11-13,17-19H,4,6,8-10H2,1-3H3. The molecule has 2 heteroatoms. The summed E-state index contributed by atoms with van der Waals surface area (Å²) in [6.07, 6.45) is 6.52. The van der Waals surface area contributed by atoms with Gasteiger partial charge >= 0.3 is 0 Å². The Labute approximate surface area is 122 Å². The minimum absolute atomic E-state index is 0.529. The monoisotopic (exact) mass is 273 g/mol. The Balaban J connectivity index is 1.71. The van der Waals surface area contributed by atoms with Crippen molar-refractivity contribution in [3.05, 3.63) is 29.3 Å². The minimum atomic E-state index is 0.529. The zero-order valence-corrected chi connectivity index (χ0v) is 13.0. The summed E-state index contributed by atoms with van der Waals surface area (Å²) < 4.78 is 5.39. The topological polar surface area (TPSA) is 21.3 Å². The Morgan fingerprint density at radius 3 is 2.75 bits per heavy atom. The quantitative estimate of drug-likeness (QED) is 0.895. The molecule has 1 aromatic rings. The van der Waals surface area contributed by atoms with Gasteiger partial charge in [-0.25, -0.2) is 0 Å². The first-order valence-corrected chi connectivity index (χ1v) is 8.10. The summed E-state index contributed by atoms with van der Waals surface area (Å²) >= 11 is 0. The molecule has 3 rings (SSSR count). The first-order chi connectivity index (χ1) is 9.67. The Morgan fingerprint density at radius 1 is 1.15 bits per heavy atom. The third-order valence-electron chi connectivity index (χ3n) is 5.28. The zero-order valence-electron chi connectivity index (χ0n) is 13.0. The highest BCUT2D eigenvalue weighted by atomic mass is 16.5. The number of hydrogen-bond acceptors (Lipinski definition) is 2. The van der Waals surface area contributed by atoms with Crippen LogP contribution in [-0.4, -0.2) is 13.2 Å². The molecule has 1 N–H and O–H groups in total. The van der Waals surface area contributed by atoms with Gasteiger partial charge in [-0.15, -0.1) is 0 Å². The summed E-state index contributed by atoms with van der Waals surface area (Å²) in [6, 6.07) is 7.78. The molecule has 2 nitrogen and oxygen atoms in total. The van der Waals surface area contributed by atoms with E-state index in [1.165, 1.54) is 43.2 Å². The SMILES string of the molecule is COc1ccc2c(c1)C(NC1CCC(C)CC1C)CC2. The van der Waals surface area contributed by atoms with Crippen molar-refractivity contribution in [2.24, 2.45) is 11.8 Å². The summed E-state index contributed by atoms with van der Waals surface area (Å²) in [5.74, 6) is 2.69. The largest absolute Gasteiger partial charge is 0.497 e. The summed E-state index contributed by atoms with van der Waals surface area (Å²) in [5.41, 5.74) is 2.97. The smallest absolute Gasteiger partial charge is 0.119 e. The fourth-order valence-corrected chi connectivity index (χ4v) is 4.05. The Bertz CT molecular complexity index is 470. The molecule has 0 spiro atoms. The first-order valence-electron chi connectivity index (χ1n) is 8.10. The van der Waals surface area contributed by atoms with Crippen LogP contribution >= 0.6 is 0 Å². The van der Waals surface area contributed by atoms with E-state index in [-0.39, 0.29) is 0 Å². The van der Waals surface area contributed by atoms with Crippen LogP contribution in [0.3, 0.4) is 0 Å². The highest BCUT2D eigenvalue weighted by molar-refractivity contribution is 5.40. The van der Waals surface area contributed by atoms with Gasteiger partial charge in [-0.1, -0.05) is 19.9 Å². The summed E-state index contributed by atoms with van der Waals surface area (Å²) in [5, 5.41) is 3.94. The molecule has 0 bridgehead atoms. The maximum Gasteiger partial charge on any atom is 0.119 e. The van der Waals surface area contributed by atoms with Gasteiger partial charge in [-0.05, 0) is 67.2 Å². The summed E-state index contributed by atoms with van der Waals surface area (Å²) in [4.78, 5) is 0. The van der Waals surface area contributed by atoms with E-state index >= 15 is 0 Å². The normalized spacial score (nSPS) is 33.0. The lowest BCUT2D eigenvalue weighted by molar-refractivity contribution is 0.213. The van der Waals surface area contributed by atoms with Crippen molar-refractivity contribution >= 4 is 0 Å². The Hall–Kier alpha value is -1.02. The van der Waals surface area contributed by atoms with Crippen molar-refractivity contribution in [2.45, 2.75) is 58.0 Å². The molecule has 1 saturated carbocycles. The molecule has 0 aliphatic heterocycles. The van der Waals surface area contributed by atoms with E-state index in [1.54, 1.807) is 7.11 Å². The zero-order chi connectivity index (χ0) is 14.1. The number of nitrogens with one attached hydrogen (secondary N) is 1. The van der Waals surface area contributed by atoms with Crippen LogP contribution in [0.4, 0.5) is 0 Å². The van der Waals surface area contributed by atoms with E-state index in [0.29, 0.717) is 12.1 Å². The lowest BCUT2D eigenvalue weighted by Gasteiger charge is -2.35. The molecule has 1 fully saturated rings. The second kappa shape index (κ2) is 5.77. The van der Waals surface area contributed by atoms with Gasteiger partial charge in [-0.2, -0.15) is 0 Å². The van der Waals surface area contributed by atoms with Crippen LogP contribution in [-0.2, 0) is 6.42 Å². The summed E-state index contributed by atoms with van der Waals surface area (Å²) in [6.45, 7) is 4.80. The molecule has 4 atom stereocenters. The molecule has 4 unspecified atom stereocenters. The number of benzene rings is 1. The molecule has 2 aliphatic carbocycles. The van der Waals surface area contributed by atoms with Crippen molar-refractivity contribution in [2.75, 3.05) is 7.11 Å². The van der Waals surface area contributed by atoms with Gasteiger partial charge in [0.1, 0.15) is 5.75 Å². The molecule has 0 aromatic heterocycles. The molecule has 0 amide bonds. The third kappa shape index (κ3) is 2.71. The highest BCUT2D eigenvalue weighted by Gasteiger charge is 2.30. The molecule has 0 heterocycles. The van der Waals surface area contributed by atoms with Crippen LogP contribution in [0.1, 0.15) is 56.7 Å². The Kier molecular flexibility index (Phi) is 4.02. The third-order valence-corrected chi connectivity index (χ3v) is 5.28. The predicted molar refractivity (Wildman–Crippen MR) is 83.2 cm³/mol. The van der Waals surface area contributed by atoms with E-state index in [9.17, 15) is 0 Å². The fraction of sp³-hybridized carbons (Fsp3) is 0.667. The number of aryl methyl sites for hydroxylation is 1. The number of methoxy groups -OCH3 is 1. The number of hydrogen-bond donors (Lipinski definition) is 1. The van der Waals surface area contributed by atoms with Gasteiger partial charge in [0, 0.05) is 12.1 Å². The lowest BCUT2D eigenvalue weighted by atomic mass is 9.79. The van der Waals surface area contributed by atoms with Gasteiger partial charge < -0.3 is 10.1 Å². The number of rotatable bonds is 3. The maximum absolute atomic E-state index is 5.39. The van der Waals surface area contributed by atoms with Crippen LogP contribution in [0.2, 0.25) is 0 Å². The maximum atomic E-state index is 5.39. The highest BCUT2D eigenvalue weighted by Crippen LogP contribution is 2.36. The molecule has 110 valence electrons. The average Bonchev–Trinajstić information content (AvgIpc) is 2.84. The summed E-state index contributed by atoms with van der Waals surface area (Å²) in [7, 11) is 1.75. The van der Waals surface area contributed by atoms with Crippen molar-refractivity contribution < 1.29 is 4.74 Å². The second-order valence-electron chi connectivity index (χ2n) is 6.82. The second-order valence-corrected chi connectivity index (χ2v) is 6.82. The molecule has 0 radical (unpaired) electrons. The van der Waals surface area contributed by atoms with Gasteiger partial charge in [-0.3, -0.25) is 0 Å². The number of ether oxygens (including phenoxy) is 1. The molecule has 1 aromatic carbocycles. The van der Waals surface area contributed by atoms with Crippen LogP contribution < -0.4 is 10.1 Å². The van der Waals surface area contributed by atoms with E-state index in [0.717, 1.165) is 17.6 Å². The van der Waals surface area contributed by atoms with Crippen LogP contribution in [0.15, 0.2) is 18.2 Å².